The van der Waals surface area contributed by atoms with E-state index in [4.69, 9.17) is 5.11 Å². The van der Waals surface area contributed by atoms with Crippen LogP contribution in [0.25, 0.3) is 0 Å². The minimum absolute atomic E-state index is 0.0319. The number of amides is 2. The van der Waals surface area contributed by atoms with E-state index in [1.807, 2.05) is 0 Å². The molecule has 0 aromatic heterocycles. The summed E-state index contributed by atoms with van der Waals surface area (Å²) in [6, 6.07) is -0.692. The SMILES string of the molecule is CC1CS(=O)(=O)CCN1C(=O)N(C)CCC(=O)O. The van der Waals surface area contributed by atoms with Crippen molar-refractivity contribution in [3.63, 3.8) is 0 Å². The maximum Gasteiger partial charge on any atom is 0.320 e. The minimum atomic E-state index is -3.06. The molecule has 7 nitrogen and oxygen atoms in total. The van der Waals surface area contributed by atoms with Gasteiger partial charge in [-0.3, -0.25) is 4.79 Å². The first-order valence-electron chi connectivity index (χ1n) is 5.67. The van der Waals surface area contributed by atoms with Crippen LogP contribution in [0.3, 0.4) is 0 Å². The first kappa shape index (κ1) is 14.7. The van der Waals surface area contributed by atoms with E-state index >= 15 is 0 Å². The van der Waals surface area contributed by atoms with Crippen molar-refractivity contribution in [1.82, 2.24) is 9.80 Å². The lowest BCUT2D eigenvalue weighted by Crippen LogP contribution is -2.53. The van der Waals surface area contributed by atoms with Crippen molar-refractivity contribution in [1.29, 1.82) is 0 Å². The number of carboxylic acid groups (broad SMARTS) is 1. The first-order valence-corrected chi connectivity index (χ1v) is 7.49. The van der Waals surface area contributed by atoms with E-state index in [9.17, 15) is 18.0 Å². The van der Waals surface area contributed by atoms with Gasteiger partial charge in [0.2, 0.25) is 0 Å². The van der Waals surface area contributed by atoms with Crippen molar-refractivity contribution >= 4 is 21.8 Å². The maximum atomic E-state index is 12.0. The molecule has 0 aromatic carbocycles. The number of nitrogens with zero attached hydrogens (tertiary/aromatic N) is 2. The van der Waals surface area contributed by atoms with Crippen LogP contribution in [0.15, 0.2) is 0 Å². The number of hydrogen-bond acceptors (Lipinski definition) is 4. The number of sulfone groups is 1. The van der Waals surface area contributed by atoms with Gasteiger partial charge >= 0.3 is 12.0 Å². The molecule has 0 spiro atoms. The van der Waals surface area contributed by atoms with Crippen LogP contribution in [-0.4, -0.2) is 73.0 Å². The van der Waals surface area contributed by atoms with Gasteiger partial charge in [-0.2, -0.15) is 0 Å². The van der Waals surface area contributed by atoms with Crippen molar-refractivity contribution in [3.05, 3.63) is 0 Å². The molecule has 0 radical (unpaired) electrons. The third-order valence-corrected chi connectivity index (χ3v) is 4.70. The molecule has 2 amide bonds. The number of rotatable bonds is 3. The van der Waals surface area contributed by atoms with Gasteiger partial charge in [0.05, 0.1) is 17.9 Å². The van der Waals surface area contributed by atoms with E-state index in [1.165, 1.54) is 16.8 Å². The van der Waals surface area contributed by atoms with Crippen molar-refractivity contribution in [2.45, 2.75) is 19.4 Å². The number of urea groups is 1. The molecule has 1 saturated heterocycles. The third-order valence-electron chi connectivity index (χ3n) is 2.90. The fourth-order valence-corrected chi connectivity index (χ4v) is 3.42. The van der Waals surface area contributed by atoms with Crippen LogP contribution in [0.4, 0.5) is 4.79 Å². The fourth-order valence-electron chi connectivity index (χ4n) is 1.86. The predicted molar refractivity (Wildman–Crippen MR) is 65.1 cm³/mol. The second kappa shape index (κ2) is 5.55. The molecule has 1 atom stereocenters. The van der Waals surface area contributed by atoms with Crippen LogP contribution in [0, 0.1) is 0 Å². The van der Waals surface area contributed by atoms with Gasteiger partial charge in [-0.1, -0.05) is 0 Å². The summed E-state index contributed by atoms with van der Waals surface area (Å²) in [5.74, 6) is -1.04. The maximum absolute atomic E-state index is 12.0. The quantitative estimate of drug-likeness (QED) is 0.760. The molecule has 1 aliphatic rings. The number of aliphatic carboxylic acids is 1. The highest BCUT2D eigenvalue weighted by atomic mass is 32.2. The Bertz CT molecular complexity index is 434. The molecule has 0 aliphatic carbocycles. The second-order valence-electron chi connectivity index (χ2n) is 4.50. The molecule has 0 saturated carbocycles. The average Bonchev–Trinajstić information content (AvgIpc) is 2.23. The lowest BCUT2D eigenvalue weighted by molar-refractivity contribution is -0.137. The fraction of sp³-hybridized carbons (Fsp3) is 0.800. The number of carbonyl (C=O) groups excluding carboxylic acids is 1. The van der Waals surface area contributed by atoms with Gasteiger partial charge in [0, 0.05) is 26.2 Å². The number of hydrogen-bond donors (Lipinski definition) is 1. The van der Waals surface area contributed by atoms with E-state index < -0.39 is 15.8 Å². The van der Waals surface area contributed by atoms with Crippen LogP contribution < -0.4 is 0 Å². The Labute approximate surface area is 106 Å². The molecule has 1 rings (SSSR count). The van der Waals surface area contributed by atoms with Gasteiger partial charge in [0.15, 0.2) is 9.84 Å². The van der Waals surface area contributed by atoms with Crippen molar-refractivity contribution in [3.8, 4) is 0 Å². The van der Waals surface area contributed by atoms with Gasteiger partial charge in [0.25, 0.3) is 0 Å². The van der Waals surface area contributed by atoms with E-state index in [2.05, 4.69) is 0 Å². The number of carboxylic acids is 1. The van der Waals surface area contributed by atoms with Crippen LogP contribution in [0.2, 0.25) is 0 Å². The van der Waals surface area contributed by atoms with Crippen molar-refractivity contribution in [2.75, 3.05) is 31.6 Å². The van der Waals surface area contributed by atoms with Gasteiger partial charge in [-0.05, 0) is 6.92 Å². The smallest absolute Gasteiger partial charge is 0.320 e. The van der Waals surface area contributed by atoms with E-state index in [-0.39, 0.29) is 43.1 Å². The van der Waals surface area contributed by atoms with Crippen LogP contribution in [-0.2, 0) is 14.6 Å². The Balaban J connectivity index is 2.59. The zero-order valence-electron chi connectivity index (χ0n) is 10.5. The Morgan fingerprint density at radius 1 is 1.44 bits per heavy atom. The standard InChI is InChI=1S/C10H18N2O5S/c1-8-7-18(16,17)6-5-12(8)10(15)11(2)4-3-9(13)14/h8H,3-7H2,1-2H3,(H,13,14). The highest BCUT2D eigenvalue weighted by Crippen LogP contribution is 2.13. The van der Waals surface area contributed by atoms with Crippen LogP contribution >= 0.6 is 0 Å². The Kier molecular flexibility index (Phi) is 4.55. The van der Waals surface area contributed by atoms with Gasteiger partial charge in [-0.15, -0.1) is 0 Å². The molecular formula is C10H18N2O5S. The largest absolute Gasteiger partial charge is 0.481 e. The summed E-state index contributed by atoms with van der Waals surface area (Å²) in [6.07, 6.45) is -0.122. The van der Waals surface area contributed by atoms with Crippen LogP contribution in [0.1, 0.15) is 13.3 Å². The van der Waals surface area contributed by atoms with E-state index in [0.717, 1.165) is 0 Å². The minimum Gasteiger partial charge on any atom is -0.481 e. The zero-order valence-corrected chi connectivity index (χ0v) is 11.3. The lowest BCUT2D eigenvalue weighted by atomic mass is 10.3. The van der Waals surface area contributed by atoms with Crippen molar-refractivity contribution in [2.24, 2.45) is 0 Å². The third kappa shape index (κ3) is 3.86. The predicted octanol–water partition coefficient (Wildman–Crippen LogP) is -0.368. The Morgan fingerprint density at radius 2 is 2.06 bits per heavy atom. The van der Waals surface area contributed by atoms with E-state index in [0.29, 0.717) is 0 Å². The molecule has 0 aromatic rings. The second-order valence-corrected chi connectivity index (χ2v) is 6.73. The molecule has 1 unspecified atom stereocenters. The molecule has 0 bridgehead atoms. The average molecular weight is 278 g/mol. The summed E-state index contributed by atoms with van der Waals surface area (Å²) in [5, 5.41) is 8.54. The summed E-state index contributed by atoms with van der Waals surface area (Å²) >= 11 is 0. The van der Waals surface area contributed by atoms with Gasteiger partial charge in [-0.25, -0.2) is 13.2 Å². The highest BCUT2D eigenvalue weighted by molar-refractivity contribution is 7.91. The van der Waals surface area contributed by atoms with Gasteiger partial charge < -0.3 is 14.9 Å². The zero-order chi connectivity index (χ0) is 13.9. The van der Waals surface area contributed by atoms with E-state index in [1.54, 1.807) is 6.92 Å². The summed E-state index contributed by atoms with van der Waals surface area (Å²) in [5.41, 5.74) is 0. The summed E-state index contributed by atoms with van der Waals surface area (Å²) < 4.78 is 22.8. The van der Waals surface area contributed by atoms with Crippen molar-refractivity contribution < 1.29 is 23.1 Å². The lowest BCUT2D eigenvalue weighted by Gasteiger charge is -2.35. The topological polar surface area (TPSA) is 95.0 Å². The molecule has 18 heavy (non-hydrogen) atoms. The first-order chi connectivity index (χ1) is 8.23. The molecule has 1 N–H and O–H groups in total. The Hall–Kier alpha value is -1.31. The monoisotopic (exact) mass is 278 g/mol. The normalized spacial score (nSPS) is 22.6. The molecule has 8 heteroatoms. The molecule has 1 heterocycles. The molecule has 1 fully saturated rings. The number of carbonyl (C=O) groups is 2. The molecule has 104 valence electrons. The summed E-state index contributed by atoms with van der Waals surface area (Å²) in [6.45, 7) is 1.96. The summed E-state index contributed by atoms with van der Waals surface area (Å²) in [4.78, 5) is 25.2. The van der Waals surface area contributed by atoms with Crippen LogP contribution in [0.5, 0.6) is 0 Å². The van der Waals surface area contributed by atoms with Gasteiger partial charge in [0.1, 0.15) is 0 Å². The summed E-state index contributed by atoms with van der Waals surface area (Å²) in [7, 11) is -1.54. The molecule has 1 aliphatic heterocycles. The molecular weight excluding hydrogens is 260 g/mol. The Morgan fingerprint density at radius 3 is 2.56 bits per heavy atom. The highest BCUT2D eigenvalue weighted by Gasteiger charge is 2.32.